The van der Waals surface area contributed by atoms with Gasteiger partial charge in [-0.25, -0.2) is 0 Å². The van der Waals surface area contributed by atoms with Crippen LogP contribution >= 0.6 is 0 Å². The summed E-state index contributed by atoms with van der Waals surface area (Å²) < 4.78 is 32.3. The summed E-state index contributed by atoms with van der Waals surface area (Å²) in [7, 11) is 0. The zero-order valence-electron chi connectivity index (χ0n) is 23.1. The van der Waals surface area contributed by atoms with Gasteiger partial charge in [-0.15, -0.1) is 6.42 Å². The van der Waals surface area contributed by atoms with Gasteiger partial charge in [0, 0.05) is 0 Å². The van der Waals surface area contributed by atoms with Crippen LogP contribution in [0.15, 0.2) is 121 Å². The van der Waals surface area contributed by atoms with Crippen LogP contribution in [0.5, 0.6) is 0 Å². The topological polar surface area (TPSA) is 46.2 Å². The lowest BCUT2D eigenvalue weighted by molar-refractivity contribution is -0.261. The average molecular weight is 549 g/mol. The third-order valence-electron chi connectivity index (χ3n) is 7.05. The summed E-state index contributed by atoms with van der Waals surface area (Å²) in [6.45, 7) is 1.90. The molecule has 1 aliphatic rings. The molecule has 0 unspecified atom stereocenters. The van der Waals surface area contributed by atoms with Crippen molar-refractivity contribution in [2.75, 3.05) is 6.61 Å². The van der Waals surface area contributed by atoms with Gasteiger partial charge in [0.15, 0.2) is 0 Å². The van der Waals surface area contributed by atoms with Crippen molar-refractivity contribution in [3.05, 3.63) is 144 Å². The predicted octanol–water partition coefficient (Wildman–Crippen LogP) is 6.36. The second kappa shape index (κ2) is 15.3. The van der Waals surface area contributed by atoms with Crippen LogP contribution in [0.2, 0.25) is 0 Å². The molecule has 5 rings (SSSR count). The Labute approximate surface area is 243 Å². The molecule has 5 atom stereocenters. The van der Waals surface area contributed by atoms with Crippen LogP contribution in [0.3, 0.4) is 0 Å². The molecule has 1 aliphatic heterocycles. The lowest BCUT2D eigenvalue weighted by Crippen LogP contribution is -2.60. The van der Waals surface area contributed by atoms with E-state index >= 15 is 0 Å². The van der Waals surface area contributed by atoms with E-state index in [9.17, 15) is 0 Å². The highest BCUT2D eigenvalue weighted by Crippen LogP contribution is 2.31. The van der Waals surface area contributed by atoms with Crippen molar-refractivity contribution < 1.29 is 23.7 Å². The van der Waals surface area contributed by atoms with Gasteiger partial charge >= 0.3 is 0 Å². The van der Waals surface area contributed by atoms with Gasteiger partial charge in [0.1, 0.15) is 30.5 Å². The third kappa shape index (κ3) is 8.37. The molecule has 210 valence electrons. The first kappa shape index (κ1) is 28.8. The average Bonchev–Trinajstić information content (AvgIpc) is 3.04. The van der Waals surface area contributed by atoms with Crippen molar-refractivity contribution in [3.8, 4) is 12.3 Å². The Kier molecular flexibility index (Phi) is 10.7. The molecule has 5 nitrogen and oxygen atoms in total. The number of benzene rings is 4. The Morgan fingerprint density at radius 2 is 0.902 bits per heavy atom. The van der Waals surface area contributed by atoms with Crippen LogP contribution < -0.4 is 0 Å². The van der Waals surface area contributed by atoms with Crippen molar-refractivity contribution in [3.63, 3.8) is 0 Å². The summed E-state index contributed by atoms with van der Waals surface area (Å²) in [6, 6.07) is 40.2. The molecule has 1 saturated heterocycles. The van der Waals surface area contributed by atoms with E-state index in [1.807, 2.05) is 121 Å². The standard InChI is InChI=1S/C36H36O5/c1-2-32-34(38-24-29-17-9-4-10-18-29)36(40-26-31-21-13-6-14-22-31)35(39-25-30-19-11-5-12-20-30)33(41-32)27-37-23-28-15-7-3-8-16-28/h1,3-22,32-36H,23-27H2/t32-,33-,34-,35+,36+/m0/s1. The molecule has 4 aromatic rings. The van der Waals surface area contributed by atoms with Gasteiger partial charge in [-0.3, -0.25) is 0 Å². The predicted molar refractivity (Wildman–Crippen MR) is 159 cm³/mol. The monoisotopic (exact) mass is 548 g/mol. The summed E-state index contributed by atoms with van der Waals surface area (Å²) >= 11 is 0. The van der Waals surface area contributed by atoms with E-state index in [-0.39, 0.29) is 0 Å². The van der Waals surface area contributed by atoms with Crippen molar-refractivity contribution in [2.24, 2.45) is 0 Å². The molecular weight excluding hydrogens is 512 g/mol. The molecule has 1 fully saturated rings. The second-order valence-electron chi connectivity index (χ2n) is 10.0. The van der Waals surface area contributed by atoms with Crippen LogP contribution in [0.25, 0.3) is 0 Å². The van der Waals surface area contributed by atoms with E-state index in [1.165, 1.54) is 0 Å². The van der Waals surface area contributed by atoms with Crippen LogP contribution in [-0.4, -0.2) is 37.1 Å². The van der Waals surface area contributed by atoms with Crippen molar-refractivity contribution in [1.82, 2.24) is 0 Å². The van der Waals surface area contributed by atoms with Crippen LogP contribution in [0.1, 0.15) is 22.3 Å². The van der Waals surface area contributed by atoms with Gasteiger partial charge in [-0.1, -0.05) is 127 Å². The third-order valence-corrected chi connectivity index (χ3v) is 7.05. The van der Waals surface area contributed by atoms with Gasteiger partial charge in [-0.2, -0.15) is 0 Å². The maximum absolute atomic E-state index is 6.62. The summed E-state index contributed by atoms with van der Waals surface area (Å²) in [5.74, 6) is 2.81. The molecule has 0 radical (unpaired) electrons. The van der Waals surface area contributed by atoms with E-state index in [1.54, 1.807) is 0 Å². The molecule has 0 bridgehead atoms. The Morgan fingerprint density at radius 3 is 1.34 bits per heavy atom. The fourth-order valence-electron chi connectivity index (χ4n) is 4.92. The van der Waals surface area contributed by atoms with Crippen LogP contribution in [-0.2, 0) is 50.1 Å². The van der Waals surface area contributed by atoms with E-state index in [2.05, 4.69) is 5.92 Å². The van der Waals surface area contributed by atoms with Gasteiger partial charge in [0.25, 0.3) is 0 Å². The largest absolute Gasteiger partial charge is 0.374 e. The minimum absolute atomic E-state index is 0.295. The number of ether oxygens (including phenoxy) is 5. The van der Waals surface area contributed by atoms with E-state index in [4.69, 9.17) is 30.1 Å². The Balaban J connectivity index is 1.39. The first-order valence-corrected chi connectivity index (χ1v) is 14.0. The molecule has 0 N–H and O–H groups in total. The van der Waals surface area contributed by atoms with Crippen molar-refractivity contribution in [1.29, 1.82) is 0 Å². The summed E-state index contributed by atoms with van der Waals surface area (Å²) in [5.41, 5.74) is 4.23. The van der Waals surface area contributed by atoms with E-state index in [0.29, 0.717) is 33.0 Å². The van der Waals surface area contributed by atoms with Crippen LogP contribution in [0, 0.1) is 12.3 Å². The van der Waals surface area contributed by atoms with Crippen LogP contribution in [0.4, 0.5) is 0 Å². The molecule has 0 amide bonds. The molecule has 41 heavy (non-hydrogen) atoms. The lowest BCUT2D eigenvalue weighted by Gasteiger charge is -2.44. The lowest BCUT2D eigenvalue weighted by atomic mass is 9.94. The smallest absolute Gasteiger partial charge is 0.147 e. The fourth-order valence-corrected chi connectivity index (χ4v) is 4.92. The molecule has 5 heteroatoms. The minimum Gasteiger partial charge on any atom is -0.374 e. The number of rotatable bonds is 13. The number of terminal acetylenes is 1. The highest BCUT2D eigenvalue weighted by atomic mass is 16.6. The summed E-state index contributed by atoms with van der Waals surface area (Å²) in [5, 5.41) is 0. The highest BCUT2D eigenvalue weighted by Gasteiger charge is 2.48. The van der Waals surface area contributed by atoms with Gasteiger partial charge in [0.2, 0.25) is 0 Å². The Hall–Kier alpha value is -3.76. The summed E-state index contributed by atoms with van der Waals surface area (Å²) in [4.78, 5) is 0. The van der Waals surface area contributed by atoms with E-state index < -0.39 is 30.5 Å². The van der Waals surface area contributed by atoms with E-state index in [0.717, 1.165) is 22.3 Å². The number of hydrogen-bond acceptors (Lipinski definition) is 5. The summed E-state index contributed by atoms with van der Waals surface area (Å²) in [6.07, 6.45) is 3.41. The molecule has 4 aromatic carbocycles. The zero-order valence-corrected chi connectivity index (χ0v) is 23.1. The minimum atomic E-state index is -0.638. The fraction of sp³-hybridized carbons (Fsp3) is 0.278. The number of hydrogen-bond donors (Lipinski definition) is 0. The molecular formula is C36H36O5. The van der Waals surface area contributed by atoms with Gasteiger partial charge in [-0.05, 0) is 22.3 Å². The second-order valence-corrected chi connectivity index (χ2v) is 10.0. The highest BCUT2D eigenvalue weighted by molar-refractivity contribution is 5.17. The maximum atomic E-state index is 6.62. The molecule has 0 saturated carbocycles. The quantitative estimate of drug-likeness (QED) is 0.182. The van der Waals surface area contributed by atoms with Crippen molar-refractivity contribution >= 4 is 0 Å². The Morgan fingerprint density at radius 1 is 0.512 bits per heavy atom. The first-order valence-electron chi connectivity index (χ1n) is 14.0. The zero-order chi connectivity index (χ0) is 28.1. The maximum Gasteiger partial charge on any atom is 0.147 e. The molecule has 1 heterocycles. The first-order chi connectivity index (χ1) is 20.3. The van der Waals surface area contributed by atoms with Gasteiger partial charge < -0.3 is 23.7 Å². The Bertz CT molecular complexity index is 1320. The van der Waals surface area contributed by atoms with Gasteiger partial charge in [0.05, 0.1) is 33.0 Å². The van der Waals surface area contributed by atoms with Crippen molar-refractivity contribution in [2.45, 2.75) is 56.9 Å². The SMILES string of the molecule is C#C[C@@H]1O[C@@H](COCc2ccccc2)[C@@H](OCc2ccccc2)[C@H](OCc2ccccc2)[C@H]1OCc1ccccc1. The molecule has 0 aliphatic carbocycles. The normalized spacial score (nSPS) is 22.2. The molecule has 0 spiro atoms. The molecule has 0 aromatic heterocycles.